The number of aryl methyl sites for hydroxylation is 1. The molecule has 0 radical (unpaired) electrons. The summed E-state index contributed by atoms with van der Waals surface area (Å²) in [5, 5.41) is 4.64. The number of aromatic nitrogens is 1. The molecule has 3 aromatic rings. The lowest BCUT2D eigenvalue weighted by atomic mass is 10.1. The molecule has 1 amide bonds. The standard InChI is InChI=1S/C19H16Cl2N2O2/c1-11-5-7-16(14-4-3-9-22-18(11)14)23-19(24)12(2)25-17-8-6-13(20)10-15(17)21/h3-10,12H,1-2H3,(H,23,24). The number of rotatable bonds is 4. The molecule has 0 aliphatic carbocycles. The molecule has 1 unspecified atom stereocenters. The second kappa shape index (κ2) is 7.30. The zero-order valence-electron chi connectivity index (χ0n) is 13.7. The summed E-state index contributed by atoms with van der Waals surface area (Å²) in [7, 11) is 0. The fourth-order valence-electron chi connectivity index (χ4n) is 2.47. The Morgan fingerprint density at radius 3 is 2.76 bits per heavy atom. The Labute approximate surface area is 155 Å². The second-order valence-electron chi connectivity index (χ2n) is 5.65. The molecule has 1 N–H and O–H groups in total. The Morgan fingerprint density at radius 2 is 2.00 bits per heavy atom. The summed E-state index contributed by atoms with van der Waals surface area (Å²) in [6.07, 6.45) is 1.00. The topological polar surface area (TPSA) is 51.2 Å². The first-order valence-electron chi connectivity index (χ1n) is 7.72. The molecule has 3 rings (SSSR count). The minimum atomic E-state index is -0.730. The molecule has 2 aromatic carbocycles. The summed E-state index contributed by atoms with van der Waals surface area (Å²) in [6.45, 7) is 3.64. The Hall–Kier alpha value is -2.30. The number of benzene rings is 2. The van der Waals surface area contributed by atoms with Gasteiger partial charge >= 0.3 is 0 Å². The van der Waals surface area contributed by atoms with Gasteiger partial charge in [0.05, 0.1) is 16.2 Å². The van der Waals surface area contributed by atoms with E-state index < -0.39 is 6.10 Å². The van der Waals surface area contributed by atoms with Crippen molar-refractivity contribution in [2.75, 3.05) is 5.32 Å². The van der Waals surface area contributed by atoms with E-state index in [4.69, 9.17) is 27.9 Å². The summed E-state index contributed by atoms with van der Waals surface area (Å²) in [5.41, 5.74) is 2.59. The molecule has 0 aliphatic heterocycles. The summed E-state index contributed by atoms with van der Waals surface area (Å²) >= 11 is 12.0. The molecular weight excluding hydrogens is 359 g/mol. The van der Waals surface area contributed by atoms with Crippen molar-refractivity contribution in [3.05, 3.63) is 64.3 Å². The molecule has 1 aromatic heterocycles. The highest BCUT2D eigenvalue weighted by Gasteiger charge is 2.17. The van der Waals surface area contributed by atoms with Crippen LogP contribution in [-0.4, -0.2) is 17.0 Å². The lowest BCUT2D eigenvalue weighted by Crippen LogP contribution is -2.30. The van der Waals surface area contributed by atoms with Crippen molar-refractivity contribution in [3.63, 3.8) is 0 Å². The van der Waals surface area contributed by atoms with Crippen LogP contribution < -0.4 is 10.1 Å². The SMILES string of the molecule is Cc1ccc(NC(=O)C(C)Oc2ccc(Cl)cc2Cl)c2cccnc12. The molecule has 6 heteroatoms. The van der Waals surface area contributed by atoms with Crippen LogP contribution >= 0.6 is 23.2 Å². The Kier molecular flexibility index (Phi) is 5.11. The normalized spacial score (nSPS) is 12.0. The van der Waals surface area contributed by atoms with Crippen molar-refractivity contribution in [1.29, 1.82) is 0 Å². The van der Waals surface area contributed by atoms with Gasteiger partial charge in [0.15, 0.2) is 6.10 Å². The van der Waals surface area contributed by atoms with Crippen molar-refractivity contribution in [2.24, 2.45) is 0 Å². The molecule has 1 atom stereocenters. The van der Waals surface area contributed by atoms with Crippen LogP contribution in [0.2, 0.25) is 10.0 Å². The predicted octanol–water partition coefficient (Wildman–Crippen LogP) is 5.26. The minimum absolute atomic E-state index is 0.278. The number of hydrogen-bond donors (Lipinski definition) is 1. The highest BCUT2D eigenvalue weighted by Crippen LogP contribution is 2.29. The number of hydrogen-bond acceptors (Lipinski definition) is 3. The molecule has 0 saturated carbocycles. The largest absolute Gasteiger partial charge is 0.479 e. The van der Waals surface area contributed by atoms with Gasteiger partial charge in [0.2, 0.25) is 0 Å². The van der Waals surface area contributed by atoms with E-state index in [9.17, 15) is 4.79 Å². The number of anilines is 1. The summed E-state index contributed by atoms with van der Waals surface area (Å²) in [4.78, 5) is 16.9. The van der Waals surface area contributed by atoms with Crippen molar-refractivity contribution in [2.45, 2.75) is 20.0 Å². The number of ether oxygens (including phenoxy) is 1. The van der Waals surface area contributed by atoms with Crippen molar-refractivity contribution >= 4 is 45.7 Å². The molecule has 0 spiro atoms. The number of nitrogens with zero attached hydrogens (tertiary/aromatic N) is 1. The van der Waals surface area contributed by atoms with Gasteiger partial charge in [0.25, 0.3) is 5.91 Å². The van der Waals surface area contributed by atoms with Crippen LogP contribution in [0.15, 0.2) is 48.7 Å². The number of amides is 1. The third-order valence-electron chi connectivity index (χ3n) is 3.80. The third-order valence-corrected chi connectivity index (χ3v) is 4.33. The van der Waals surface area contributed by atoms with E-state index in [0.29, 0.717) is 21.5 Å². The van der Waals surface area contributed by atoms with Crippen LogP contribution in [0.4, 0.5) is 5.69 Å². The van der Waals surface area contributed by atoms with E-state index >= 15 is 0 Å². The van der Waals surface area contributed by atoms with Gasteiger partial charge in [-0.2, -0.15) is 0 Å². The first kappa shape index (κ1) is 17.5. The quantitative estimate of drug-likeness (QED) is 0.677. The van der Waals surface area contributed by atoms with Crippen LogP contribution in [0.3, 0.4) is 0 Å². The first-order chi connectivity index (χ1) is 12.0. The lowest BCUT2D eigenvalue weighted by Gasteiger charge is -2.17. The van der Waals surface area contributed by atoms with Gasteiger partial charge in [-0.3, -0.25) is 9.78 Å². The maximum absolute atomic E-state index is 12.5. The average Bonchev–Trinajstić information content (AvgIpc) is 2.60. The maximum Gasteiger partial charge on any atom is 0.265 e. The molecule has 4 nitrogen and oxygen atoms in total. The van der Waals surface area contributed by atoms with Crippen molar-refractivity contribution in [1.82, 2.24) is 4.98 Å². The van der Waals surface area contributed by atoms with Gasteiger partial charge in [-0.05, 0) is 55.8 Å². The Bertz CT molecular complexity index is 944. The van der Waals surface area contributed by atoms with E-state index in [0.717, 1.165) is 16.5 Å². The number of pyridine rings is 1. The van der Waals surface area contributed by atoms with Crippen LogP contribution in [-0.2, 0) is 4.79 Å². The van der Waals surface area contributed by atoms with Crippen LogP contribution in [0.25, 0.3) is 10.9 Å². The van der Waals surface area contributed by atoms with E-state index in [1.807, 2.05) is 31.2 Å². The summed E-state index contributed by atoms with van der Waals surface area (Å²) in [5.74, 6) is 0.129. The fourth-order valence-corrected chi connectivity index (χ4v) is 2.93. The number of carbonyl (C=O) groups excluding carboxylic acids is 1. The number of halogens is 2. The van der Waals surface area contributed by atoms with Crippen molar-refractivity contribution < 1.29 is 9.53 Å². The number of nitrogens with one attached hydrogen (secondary N) is 1. The minimum Gasteiger partial charge on any atom is -0.479 e. The van der Waals surface area contributed by atoms with Gasteiger partial charge < -0.3 is 10.1 Å². The van der Waals surface area contributed by atoms with Crippen LogP contribution in [0.5, 0.6) is 5.75 Å². The van der Waals surface area contributed by atoms with Gasteiger partial charge in [-0.1, -0.05) is 29.3 Å². The predicted molar refractivity (Wildman–Crippen MR) is 102 cm³/mol. The molecule has 128 valence electrons. The van der Waals surface area contributed by atoms with Gasteiger partial charge in [-0.25, -0.2) is 0 Å². The lowest BCUT2D eigenvalue weighted by molar-refractivity contribution is -0.122. The maximum atomic E-state index is 12.5. The highest BCUT2D eigenvalue weighted by atomic mass is 35.5. The van der Waals surface area contributed by atoms with E-state index in [1.54, 1.807) is 31.3 Å². The van der Waals surface area contributed by atoms with E-state index in [2.05, 4.69) is 10.3 Å². The van der Waals surface area contributed by atoms with E-state index in [-0.39, 0.29) is 5.91 Å². The first-order valence-corrected chi connectivity index (χ1v) is 8.48. The molecule has 0 bridgehead atoms. The number of carbonyl (C=O) groups is 1. The highest BCUT2D eigenvalue weighted by molar-refractivity contribution is 6.35. The fraction of sp³-hybridized carbons (Fsp3) is 0.158. The monoisotopic (exact) mass is 374 g/mol. The molecule has 0 fully saturated rings. The molecule has 0 aliphatic rings. The third kappa shape index (κ3) is 3.86. The second-order valence-corrected chi connectivity index (χ2v) is 6.50. The van der Waals surface area contributed by atoms with Gasteiger partial charge in [-0.15, -0.1) is 0 Å². The van der Waals surface area contributed by atoms with Crippen LogP contribution in [0, 0.1) is 6.92 Å². The number of fused-ring (bicyclic) bond motifs is 1. The molecule has 25 heavy (non-hydrogen) atoms. The zero-order chi connectivity index (χ0) is 18.0. The van der Waals surface area contributed by atoms with Crippen molar-refractivity contribution in [3.8, 4) is 5.75 Å². The molecule has 1 heterocycles. The summed E-state index contributed by atoms with van der Waals surface area (Å²) in [6, 6.07) is 12.4. The Morgan fingerprint density at radius 1 is 1.20 bits per heavy atom. The summed E-state index contributed by atoms with van der Waals surface area (Å²) < 4.78 is 5.65. The van der Waals surface area contributed by atoms with Gasteiger partial charge in [0.1, 0.15) is 5.75 Å². The zero-order valence-corrected chi connectivity index (χ0v) is 15.2. The van der Waals surface area contributed by atoms with E-state index in [1.165, 1.54) is 0 Å². The Balaban J connectivity index is 1.79. The molecule has 0 saturated heterocycles. The van der Waals surface area contributed by atoms with Gasteiger partial charge in [0, 0.05) is 16.6 Å². The average molecular weight is 375 g/mol. The van der Waals surface area contributed by atoms with Crippen LogP contribution in [0.1, 0.15) is 12.5 Å². The molecular formula is C19H16Cl2N2O2. The smallest absolute Gasteiger partial charge is 0.265 e.